The second-order valence-corrected chi connectivity index (χ2v) is 30.0. The number of ether oxygens (including phenoxy) is 2. The Morgan fingerprint density at radius 1 is 0.624 bits per heavy atom. The van der Waals surface area contributed by atoms with Crippen LogP contribution in [0.1, 0.15) is 51.9 Å². The maximum Gasteiger partial charge on any atom is 0.339 e. The third-order valence-corrected chi connectivity index (χ3v) is 9.75. The first-order valence-corrected chi connectivity index (χ1v) is 32.4. The van der Waals surface area contributed by atoms with Gasteiger partial charge in [0.25, 0.3) is 16.7 Å². The van der Waals surface area contributed by atoms with Crippen molar-refractivity contribution < 1.29 is 23.7 Å². The molecule has 0 aliphatic carbocycles. The third kappa shape index (κ3) is 35.9. The van der Waals surface area contributed by atoms with Gasteiger partial charge in [-0.3, -0.25) is 53.3 Å². The van der Waals surface area contributed by atoms with Gasteiger partial charge in [-0.1, -0.05) is 30.6 Å². The highest BCUT2D eigenvalue weighted by molar-refractivity contribution is 8.25. The molecule has 0 saturated carbocycles. The van der Waals surface area contributed by atoms with Crippen molar-refractivity contribution in [2.75, 3.05) is 42.4 Å². The summed E-state index contributed by atoms with van der Waals surface area (Å²) in [6, 6.07) is 21.6. The highest BCUT2D eigenvalue weighted by Crippen LogP contribution is 2.61. The Morgan fingerprint density at radius 2 is 1.09 bits per heavy atom. The fourth-order valence-electron chi connectivity index (χ4n) is 5.57. The van der Waals surface area contributed by atoms with E-state index in [1.54, 1.807) is 108 Å². The fraction of sp³-hybridized carbons (Fsp3) is 0.208. The molecule has 8 rings (SSSR count). The summed E-state index contributed by atoms with van der Waals surface area (Å²) in [5.41, 5.74) is 3.51. The highest BCUT2D eigenvalue weighted by atomic mass is 36.1. The molecule has 8 heterocycles. The standard InChI is InChI=1S/C10H11N3.C8H5ClN2.C8H6N2O.C7H5ClN2O.C7H6N2O2.C7H6N2.C5H13NO2.CH4.2Cl3OP/c1-13(2)6-4-9-3-5-12-8-10(9)7-11;9-8-7-5-10-3-1-6(7)2-4-11-8;11-8-7-5-9-3-1-6(7)2-4-10-8;1-4-2-6(8)10-7(11)5(4)3-9;1-4-2-6(10)9-7(11)5(4)3-8;1-6-2-3-9-5-7(6)4-8;1-6(2)5(7-3)8-4;;2*1-5(2,3)4/h3-6,8H,1-2H3;1-5H;1-5H,(H,10,11);2H,1H3,(H,10,11);2H,1H3,(H2,9,10,11);2-3,5H,1H3;5H,1-4H3;1H4;;/b6-4-;;;;;;;;;. The lowest BCUT2D eigenvalue weighted by atomic mass is 10.1. The van der Waals surface area contributed by atoms with Gasteiger partial charge in [-0.05, 0) is 190 Å². The van der Waals surface area contributed by atoms with E-state index >= 15 is 0 Å². The van der Waals surface area contributed by atoms with Gasteiger partial charge in [0.05, 0.1) is 16.5 Å². The molecule has 0 aliphatic rings. The summed E-state index contributed by atoms with van der Waals surface area (Å²) in [5.74, 6) is -0.363. The van der Waals surface area contributed by atoms with E-state index in [0.717, 1.165) is 27.3 Å². The summed E-state index contributed by atoms with van der Waals surface area (Å²) in [4.78, 5) is 62.8. The summed E-state index contributed by atoms with van der Waals surface area (Å²) in [6.45, 7) is 5.15. The van der Waals surface area contributed by atoms with Crippen LogP contribution in [0, 0.1) is 66.1 Å². The molecule has 452 valence electrons. The number of pyridine rings is 8. The number of rotatable bonds is 5. The Kier molecular flexibility index (Phi) is 40.4. The Morgan fingerprint density at radius 3 is 1.52 bits per heavy atom. The number of fused-ring (bicyclic) bond motifs is 2. The second-order valence-electron chi connectivity index (χ2n) is 15.9. The van der Waals surface area contributed by atoms with Crippen LogP contribution in [-0.4, -0.2) is 104 Å². The number of aromatic hydroxyl groups is 1. The Balaban J connectivity index is 0. The van der Waals surface area contributed by atoms with Crippen LogP contribution in [0.25, 0.3) is 27.6 Å². The highest BCUT2D eigenvalue weighted by Gasteiger charge is 2.07. The SMILES string of the molecule is C.CN(C)/C=C\c1ccncc1C#N.COC(OC)N(C)C.Cc1cc(=O)[nH]c(O)c1C#N.Cc1cc(Cl)[nH]c(=O)c1C#N.Cc1ccncc1C#N.Clc1nccc2ccncc12.O=P(Cl)(Cl)Cl.O=P(Cl)(Cl)Cl.O=c1[nH]ccc2ccncc12. The van der Waals surface area contributed by atoms with Crippen molar-refractivity contribution in [2.24, 2.45) is 0 Å². The third-order valence-electron chi connectivity index (χ3n) is 9.25. The minimum atomic E-state index is -3.22. The molecule has 0 saturated heterocycles. The van der Waals surface area contributed by atoms with E-state index in [1.165, 1.54) is 6.07 Å². The number of aromatic amines is 3. The molecule has 0 spiro atoms. The summed E-state index contributed by atoms with van der Waals surface area (Å²) in [7, 11) is 10.9. The van der Waals surface area contributed by atoms with Gasteiger partial charge in [-0.2, -0.15) is 21.0 Å². The number of H-pyrrole nitrogens is 3. The van der Waals surface area contributed by atoms with Crippen LogP contribution in [0.4, 0.5) is 0 Å². The van der Waals surface area contributed by atoms with E-state index in [0.29, 0.717) is 32.8 Å². The number of halogens is 8. The van der Waals surface area contributed by atoms with Crippen molar-refractivity contribution in [3.63, 3.8) is 0 Å². The van der Waals surface area contributed by atoms with Crippen molar-refractivity contribution in [3.05, 3.63) is 203 Å². The van der Waals surface area contributed by atoms with Crippen LogP contribution in [-0.2, 0) is 18.6 Å². The molecule has 0 radical (unpaired) electrons. The largest absolute Gasteiger partial charge is 0.494 e. The smallest absolute Gasteiger partial charge is 0.339 e. The molecular formula is C53H56Cl8N14O8P2. The predicted molar refractivity (Wildman–Crippen MR) is 341 cm³/mol. The zero-order valence-corrected chi connectivity index (χ0v) is 53.6. The zero-order chi connectivity index (χ0) is 64.2. The first-order valence-electron chi connectivity index (χ1n) is 22.8. The van der Waals surface area contributed by atoms with Crippen molar-refractivity contribution in [3.8, 4) is 30.2 Å². The van der Waals surface area contributed by atoms with E-state index in [1.807, 2.05) is 99.7 Å². The number of nitriles is 4. The van der Waals surface area contributed by atoms with Crippen LogP contribution >= 0.6 is 101 Å². The molecule has 4 N–H and O–H groups in total. The second kappa shape index (κ2) is 42.8. The molecule has 0 aromatic carbocycles. The van der Waals surface area contributed by atoms with E-state index in [2.05, 4.69) is 113 Å². The Bertz CT molecular complexity index is 3780. The van der Waals surface area contributed by atoms with Crippen LogP contribution in [0.15, 0.2) is 131 Å². The molecule has 0 aliphatic heterocycles. The Hall–Kier alpha value is -6.92. The van der Waals surface area contributed by atoms with Gasteiger partial charge in [0, 0.05) is 102 Å². The van der Waals surface area contributed by atoms with Gasteiger partial charge in [-0.25, -0.2) is 4.98 Å². The summed E-state index contributed by atoms with van der Waals surface area (Å²) in [5, 5.41) is 40.9. The zero-order valence-electron chi connectivity index (χ0n) is 45.8. The molecule has 85 heavy (non-hydrogen) atoms. The van der Waals surface area contributed by atoms with E-state index < -0.39 is 21.5 Å². The van der Waals surface area contributed by atoms with Gasteiger partial charge in [0.15, 0.2) is 0 Å². The van der Waals surface area contributed by atoms with Crippen molar-refractivity contribution >= 4 is 129 Å². The summed E-state index contributed by atoms with van der Waals surface area (Å²) in [6.07, 6.45) is 20.1. The van der Waals surface area contributed by atoms with Gasteiger partial charge < -0.3 is 29.4 Å². The van der Waals surface area contributed by atoms with Gasteiger partial charge in [0.1, 0.15) is 45.7 Å². The van der Waals surface area contributed by atoms with Crippen LogP contribution in [0.5, 0.6) is 5.88 Å². The minimum absolute atomic E-state index is 0. The van der Waals surface area contributed by atoms with E-state index in [4.69, 9.17) is 58.8 Å². The van der Waals surface area contributed by atoms with Crippen molar-refractivity contribution in [1.82, 2.24) is 49.7 Å². The average molecular weight is 1360 g/mol. The summed E-state index contributed by atoms with van der Waals surface area (Å²) < 4.78 is 28.8. The first kappa shape index (κ1) is 80.1. The lowest BCUT2D eigenvalue weighted by Gasteiger charge is -2.19. The van der Waals surface area contributed by atoms with Crippen LogP contribution < -0.4 is 16.7 Å². The monoisotopic (exact) mass is 1360 g/mol. The number of nitrogens with one attached hydrogen (secondary N) is 3. The van der Waals surface area contributed by atoms with Gasteiger partial charge in [-0.15, -0.1) is 0 Å². The maximum absolute atomic E-state index is 11.1. The topological polar surface area (TPSA) is 338 Å². The summed E-state index contributed by atoms with van der Waals surface area (Å²) >= 11 is 39.0. The predicted octanol–water partition coefficient (Wildman–Crippen LogP) is 13.8. The van der Waals surface area contributed by atoms with Crippen molar-refractivity contribution in [1.29, 1.82) is 21.0 Å². The molecule has 0 fully saturated rings. The number of methoxy groups -OCH3 is 2. The molecule has 0 unspecified atom stereocenters. The number of hydrogen-bond donors (Lipinski definition) is 4. The molecule has 8 aromatic rings. The molecule has 8 aromatic heterocycles. The van der Waals surface area contributed by atoms with E-state index in [9.17, 15) is 23.5 Å². The molecule has 0 amide bonds. The van der Waals surface area contributed by atoms with Crippen molar-refractivity contribution in [2.45, 2.75) is 34.6 Å². The number of aromatic nitrogens is 8. The molecule has 0 bridgehead atoms. The number of nitrogens with zero attached hydrogens (tertiary/aromatic N) is 11. The molecular weight excluding hydrogens is 1310 g/mol. The normalized spacial score (nSPS) is 9.87. The lowest BCUT2D eigenvalue weighted by Crippen LogP contribution is -2.30. The number of aryl methyl sites for hydroxylation is 3. The van der Waals surface area contributed by atoms with Crippen LogP contribution in [0.2, 0.25) is 10.3 Å². The van der Waals surface area contributed by atoms with E-state index in [-0.39, 0.29) is 41.6 Å². The maximum atomic E-state index is 11.1. The Labute approximate surface area is 529 Å². The lowest BCUT2D eigenvalue weighted by molar-refractivity contribution is -0.179. The molecule has 32 heteroatoms. The van der Waals surface area contributed by atoms with Gasteiger partial charge in [0.2, 0.25) is 12.3 Å². The number of hydrogen-bond acceptors (Lipinski definition) is 19. The minimum Gasteiger partial charge on any atom is -0.494 e. The fourth-order valence-corrected chi connectivity index (χ4v) is 6.04. The first-order chi connectivity index (χ1) is 39.3. The average Bonchev–Trinajstić information content (AvgIpc) is 3.64. The van der Waals surface area contributed by atoms with Crippen LogP contribution in [0.3, 0.4) is 0 Å². The molecule has 0 atom stereocenters. The quantitative estimate of drug-likeness (QED) is 0.0706. The van der Waals surface area contributed by atoms with Gasteiger partial charge >= 0.3 is 10.4 Å². The molecule has 22 nitrogen and oxygen atoms in total.